The molecule has 0 amide bonds. The van der Waals surface area contributed by atoms with E-state index in [-0.39, 0.29) is 18.3 Å². The average molecular weight is 287 g/mol. The first-order valence-electron chi connectivity index (χ1n) is 7.78. The van der Waals surface area contributed by atoms with E-state index in [1.165, 1.54) is 13.5 Å². The Morgan fingerprint density at radius 1 is 1.30 bits per heavy atom. The molecule has 0 aromatic heterocycles. The van der Waals surface area contributed by atoms with Gasteiger partial charge in [-0.1, -0.05) is 19.3 Å². The monoisotopic (exact) mass is 287 g/mol. The van der Waals surface area contributed by atoms with Crippen molar-refractivity contribution in [1.29, 1.82) is 0 Å². The van der Waals surface area contributed by atoms with Gasteiger partial charge in [-0.3, -0.25) is 4.79 Å². The average Bonchev–Trinajstić information content (AvgIpc) is 2.49. The molecule has 0 aliphatic carbocycles. The lowest BCUT2D eigenvalue weighted by molar-refractivity contribution is -0.164. The molecule has 0 radical (unpaired) electrons. The quantitative estimate of drug-likeness (QED) is 0.493. The largest absolute Gasteiger partial charge is 0.469 e. The van der Waals surface area contributed by atoms with E-state index in [0.29, 0.717) is 13.0 Å². The van der Waals surface area contributed by atoms with Crippen LogP contribution in [0.15, 0.2) is 0 Å². The summed E-state index contributed by atoms with van der Waals surface area (Å²) in [5.74, 6) is -0.123. The highest BCUT2D eigenvalue weighted by Crippen LogP contribution is 2.14. The highest BCUT2D eigenvalue weighted by atomic mass is 16.7. The van der Waals surface area contributed by atoms with Gasteiger partial charge >= 0.3 is 5.97 Å². The molecule has 0 aromatic rings. The molecule has 0 aromatic carbocycles. The third-order valence-electron chi connectivity index (χ3n) is 3.57. The molecule has 118 valence electrons. The summed E-state index contributed by atoms with van der Waals surface area (Å²) in [6.45, 7) is 1.38. The highest BCUT2D eigenvalue weighted by Gasteiger charge is 2.15. The second kappa shape index (κ2) is 11.1. The fourth-order valence-electron chi connectivity index (χ4n) is 2.29. The zero-order valence-corrected chi connectivity index (χ0v) is 12.6. The summed E-state index contributed by atoms with van der Waals surface area (Å²) in [5, 5.41) is 0. The van der Waals surface area contributed by atoms with Gasteiger partial charge in [-0.2, -0.15) is 0 Å². The van der Waals surface area contributed by atoms with Crippen LogP contribution in [0, 0.1) is 0 Å². The Morgan fingerprint density at radius 2 is 2.10 bits per heavy atom. The summed E-state index contributed by atoms with van der Waals surface area (Å²) in [4.78, 5) is 10.9. The molecule has 1 rings (SSSR count). The maximum absolute atomic E-state index is 10.9. The van der Waals surface area contributed by atoms with E-state index < -0.39 is 0 Å². The van der Waals surface area contributed by atoms with Crippen molar-refractivity contribution in [1.82, 2.24) is 0 Å². The molecule has 2 atom stereocenters. The van der Waals surface area contributed by atoms with Crippen molar-refractivity contribution in [3.63, 3.8) is 0 Å². The summed E-state index contributed by atoms with van der Waals surface area (Å²) in [6.07, 6.45) is 8.87. The minimum absolute atomic E-state index is 0.0464. The number of carbonyl (C=O) groups is 1. The maximum atomic E-state index is 10.9. The molecule has 1 aliphatic heterocycles. The van der Waals surface area contributed by atoms with Gasteiger partial charge in [0.2, 0.25) is 0 Å². The number of ether oxygens (including phenoxy) is 3. The smallest absolute Gasteiger partial charge is 0.305 e. The predicted molar refractivity (Wildman–Crippen MR) is 77.2 cm³/mol. The summed E-state index contributed by atoms with van der Waals surface area (Å²) < 4.78 is 15.8. The lowest BCUT2D eigenvalue weighted by Crippen LogP contribution is -2.31. The summed E-state index contributed by atoms with van der Waals surface area (Å²) in [7, 11) is 1.43. The predicted octanol–water partition coefficient (Wildman–Crippen LogP) is 2.37. The zero-order chi connectivity index (χ0) is 14.6. The number of esters is 1. The zero-order valence-electron chi connectivity index (χ0n) is 12.6. The van der Waals surface area contributed by atoms with Gasteiger partial charge in [0, 0.05) is 19.1 Å². The fourth-order valence-corrected chi connectivity index (χ4v) is 2.29. The van der Waals surface area contributed by atoms with E-state index in [1.54, 1.807) is 0 Å². The summed E-state index contributed by atoms with van der Waals surface area (Å²) >= 11 is 0. The van der Waals surface area contributed by atoms with E-state index >= 15 is 0 Å². The Hall–Kier alpha value is -0.650. The number of hydrogen-bond acceptors (Lipinski definition) is 5. The van der Waals surface area contributed by atoms with Gasteiger partial charge in [-0.05, 0) is 32.1 Å². The van der Waals surface area contributed by atoms with Gasteiger partial charge in [0.15, 0.2) is 6.29 Å². The first kappa shape index (κ1) is 17.4. The van der Waals surface area contributed by atoms with E-state index in [2.05, 4.69) is 4.74 Å². The van der Waals surface area contributed by atoms with Crippen molar-refractivity contribution in [2.24, 2.45) is 5.73 Å². The number of methoxy groups -OCH3 is 1. The molecule has 5 nitrogen and oxygen atoms in total. The van der Waals surface area contributed by atoms with Gasteiger partial charge < -0.3 is 19.9 Å². The van der Waals surface area contributed by atoms with Gasteiger partial charge in [-0.25, -0.2) is 0 Å². The van der Waals surface area contributed by atoms with Crippen LogP contribution in [0.5, 0.6) is 0 Å². The molecule has 1 aliphatic rings. The van der Waals surface area contributed by atoms with Crippen molar-refractivity contribution in [3.8, 4) is 0 Å². The van der Waals surface area contributed by atoms with Gasteiger partial charge in [0.1, 0.15) is 0 Å². The molecule has 5 heteroatoms. The molecule has 20 heavy (non-hydrogen) atoms. The van der Waals surface area contributed by atoms with Crippen molar-refractivity contribution >= 4 is 5.97 Å². The van der Waals surface area contributed by atoms with Gasteiger partial charge in [-0.15, -0.1) is 0 Å². The second-order valence-electron chi connectivity index (χ2n) is 5.42. The molecule has 0 bridgehead atoms. The van der Waals surface area contributed by atoms with Crippen LogP contribution in [0.25, 0.3) is 0 Å². The van der Waals surface area contributed by atoms with Crippen LogP contribution in [-0.4, -0.2) is 38.6 Å². The van der Waals surface area contributed by atoms with Crippen molar-refractivity contribution in [3.05, 3.63) is 0 Å². The van der Waals surface area contributed by atoms with Crippen LogP contribution < -0.4 is 5.73 Å². The number of rotatable bonds is 10. The van der Waals surface area contributed by atoms with Crippen LogP contribution in [0.2, 0.25) is 0 Å². The van der Waals surface area contributed by atoms with Gasteiger partial charge in [0.25, 0.3) is 0 Å². The number of unbranched alkanes of at least 4 members (excludes halogenated alkanes) is 3. The Morgan fingerprint density at radius 3 is 2.80 bits per heavy atom. The third kappa shape index (κ3) is 8.51. The second-order valence-corrected chi connectivity index (χ2v) is 5.42. The maximum Gasteiger partial charge on any atom is 0.305 e. The van der Waals surface area contributed by atoms with Crippen LogP contribution >= 0.6 is 0 Å². The minimum atomic E-state index is -0.123. The van der Waals surface area contributed by atoms with E-state index in [9.17, 15) is 4.79 Å². The first-order valence-corrected chi connectivity index (χ1v) is 7.78. The molecule has 1 saturated heterocycles. The standard InChI is InChI=1S/C15H29NO4/c1-18-14(17)9-5-3-2-4-8-13(16)12-20-15-10-6-7-11-19-15/h13,15H,2-12,16H2,1H3. The van der Waals surface area contributed by atoms with Gasteiger partial charge in [0.05, 0.1) is 13.7 Å². The van der Waals surface area contributed by atoms with Crippen LogP contribution in [0.4, 0.5) is 0 Å². The fraction of sp³-hybridized carbons (Fsp3) is 0.933. The topological polar surface area (TPSA) is 70.8 Å². The summed E-state index contributed by atoms with van der Waals surface area (Å²) in [5.41, 5.74) is 6.02. The van der Waals surface area contributed by atoms with E-state index in [0.717, 1.165) is 51.6 Å². The molecule has 0 spiro atoms. The van der Waals surface area contributed by atoms with E-state index in [4.69, 9.17) is 15.2 Å². The molecular weight excluding hydrogens is 258 g/mol. The Bertz CT molecular complexity index is 254. The Kier molecular flexibility index (Phi) is 9.62. The number of hydrogen-bond donors (Lipinski definition) is 1. The molecule has 1 fully saturated rings. The van der Waals surface area contributed by atoms with Crippen LogP contribution in [-0.2, 0) is 19.0 Å². The lowest BCUT2D eigenvalue weighted by atomic mass is 10.1. The summed E-state index contributed by atoms with van der Waals surface area (Å²) in [6, 6.07) is 0.0844. The third-order valence-corrected chi connectivity index (χ3v) is 3.57. The SMILES string of the molecule is COC(=O)CCCCCCC(N)COC1CCCCO1. The molecular formula is C15H29NO4. The van der Waals surface area contributed by atoms with Crippen molar-refractivity contribution < 1.29 is 19.0 Å². The number of nitrogens with two attached hydrogens (primary N) is 1. The van der Waals surface area contributed by atoms with Crippen molar-refractivity contribution in [2.75, 3.05) is 20.3 Å². The molecule has 2 unspecified atom stereocenters. The molecule has 2 N–H and O–H groups in total. The first-order chi connectivity index (χ1) is 9.72. The molecule has 1 heterocycles. The number of carbonyl (C=O) groups excluding carboxylic acids is 1. The Labute approximate surface area is 122 Å². The Balaban J connectivity index is 1.89. The molecule has 0 saturated carbocycles. The van der Waals surface area contributed by atoms with Crippen LogP contribution in [0.3, 0.4) is 0 Å². The highest BCUT2D eigenvalue weighted by molar-refractivity contribution is 5.68. The normalized spacial score (nSPS) is 20.6. The lowest BCUT2D eigenvalue weighted by Gasteiger charge is -2.24. The van der Waals surface area contributed by atoms with Crippen molar-refractivity contribution in [2.45, 2.75) is 70.1 Å². The van der Waals surface area contributed by atoms with E-state index in [1.807, 2.05) is 0 Å². The van der Waals surface area contributed by atoms with Crippen LogP contribution in [0.1, 0.15) is 57.8 Å². The minimum Gasteiger partial charge on any atom is -0.469 e.